The molecule has 0 heterocycles. The maximum atomic E-state index is 3.89. The lowest BCUT2D eigenvalue weighted by molar-refractivity contribution is 0.319. The summed E-state index contributed by atoms with van der Waals surface area (Å²) < 4.78 is 0. The Morgan fingerprint density at radius 1 is 1.20 bits per heavy atom. The van der Waals surface area contributed by atoms with Crippen LogP contribution in [0.3, 0.4) is 0 Å². The van der Waals surface area contributed by atoms with Crippen LogP contribution >= 0.6 is 0 Å². The van der Waals surface area contributed by atoms with Gasteiger partial charge in [0.15, 0.2) is 0 Å². The van der Waals surface area contributed by atoms with E-state index in [-0.39, 0.29) is 0 Å². The Bertz CT molecular complexity index is 66.4. The van der Waals surface area contributed by atoms with Gasteiger partial charge in [-0.1, -0.05) is 53.4 Å². The van der Waals surface area contributed by atoms with E-state index < -0.39 is 0 Å². The molecule has 0 saturated heterocycles. The topological polar surface area (TPSA) is 0 Å². The van der Waals surface area contributed by atoms with Gasteiger partial charge >= 0.3 is 0 Å². The molecule has 0 rings (SSSR count). The van der Waals surface area contributed by atoms with Crippen LogP contribution in [0.1, 0.15) is 46.5 Å². The van der Waals surface area contributed by atoms with Gasteiger partial charge in [0.25, 0.3) is 0 Å². The normalized spacial score (nSPS) is 16.8. The third-order valence-corrected chi connectivity index (χ3v) is 2.55. The van der Waals surface area contributed by atoms with Crippen molar-refractivity contribution in [1.82, 2.24) is 0 Å². The first-order valence-electron chi connectivity index (χ1n) is 4.55. The predicted octanol–water partition coefficient (Wildman–Crippen LogP) is 3.67. The SMILES string of the molecule is [CH2]CCC(CC)C(C)CC. The molecule has 61 valence electrons. The maximum Gasteiger partial charge on any atom is -0.0391 e. The molecule has 0 fully saturated rings. The average Bonchev–Trinajstić information content (AvgIpc) is 1.99. The maximum absolute atomic E-state index is 3.89. The lowest BCUT2D eigenvalue weighted by Crippen LogP contribution is -2.09. The molecule has 0 aliphatic rings. The fourth-order valence-electron chi connectivity index (χ4n) is 1.49. The van der Waals surface area contributed by atoms with Gasteiger partial charge in [-0.2, -0.15) is 0 Å². The van der Waals surface area contributed by atoms with Crippen LogP contribution in [-0.2, 0) is 0 Å². The van der Waals surface area contributed by atoms with Crippen LogP contribution in [-0.4, -0.2) is 0 Å². The number of rotatable bonds is 5. The van der Waals surface area contributed by atoms with Gasteiger partial charge in [-0.25, -0.2) is 0 Å². The second-order valence-electron chi connectivity index (χ2n) is 3.20. The lowest BCUT2D eigenvalue weighted by Gasteiger charge is -2.20. The molecule has 2 atom stereocenters. The van der Waals surface area contributed by atoms with Crippen LogP contribution < -0.4 is 0 Å². The first-order valence-corrected chi connectivity index (χ1v) is 4.55. The molecular formula is C10H21. The van der Waals surface area contributed by atoms with Crippen LogP contribution in [0, 0.1) is 18.8 Å². The molecule has 0 aliphatic heterocycles. The molecule has 0 aromatic heterocycles. The zero-order valence-electron chi connectivity index (χ0n) is 7.69. The van der Waals surface area contributed by atoms with Crippen molar-refractivity contribution >= 4 is 0 Å². The summed E-state index contributed by atoms with van der Waals surface area (Å²) in [7, 11) is 0. The van der Waals surface area contributed by atoms with Gasteiger partial charge < -0.3 is 0 Å². The Balaban J connectivity index is 3.56. The van der Waals surface area contributed by atoms with Crippen molar-refractivity contribution in [2.24, 2.45) is 11.8 Å². The molecule has 1 radical (unpaired) electrons. The van der Waals surface area contributed by atoms with Gasteiger partial charge in [0, 0.05) is 0 Å². The Morgan fingerprint density at radius 3 is 2.10 bits per heavy atom. The minimum absolute atomic E-state index is 0.895. The first kappa shape index (κ1) is 10.0. The van der Waals surface area contributed by atoms with Crippen LogP contribution in [0.2, 0.25) is 0 Å². The van der Waals surface area contributed by atoms with Crippen LogP contribution in [0.15, 0.2) is 0 Å². The fraction of sp³-hybridized carbons (Fsp3) is 0.900. The average molecular weight is 141 g/mol. The molecule has 0 nitrogen and oxygen atoms in total. The number of hydrogen-bond acceptors (Lipinski definition) is 0. The van der Waals surface area contributed by atoms with Gasteiger partial charge in [-0.15, -0.1) is 0 Å². The summed E-state index contributed by atoms with van der Waals surface area (Å²) in [4.78, 5) is 0. The fourth-order valence-corrected chi connectivity index (χ4v) is 1.49. The third-order valence-electron chi connectivity index (χ3n) is 2.55. The molecule has 0 N–H and O–H groups in total. The summed E-state index contributed by atoms with van der Waals surface area (Å²) in [5.41, 5.74) is 0. The van der Waals surface area contributed by atoms with Gasteiger partial charge in [0.1, 0.15) is 0 Å². The molecule has 0 saturated carbocycles. The monoisotopic (exact) mass is 141 g/mol. The van der Waals surface area contributed by atoms with Gasteiger partial charge in [-0.3, -0.25) is 0 Å². The third kappa shape index (κ3) is 3.24. The van der Waals surface area contributed by atoms with E-state index in [1.54, 1.807) is 0 Å². The van der Waals surface area contributed by atoms with Crippen molar-refractivity contribution in [3.05, 3.63) is 6.92 Å². The minimum Gasteiger partial charge on any atom is -0.0651 e. The molecule has 0 heteroatoms. The van der Waals surface area contributed by atoms with Crippen molar-refractivity contribution in [3.8, 4) is 0 Å². The van der Waals surface area contributed by atoms with Gasteiger partial charge in [-0.05, 0) is 11.8 Å². The minimum atomic E-state index is 0.895. The summed E-state index contributed by atoms with van der Waals surface area (Å²) in [6.07, 6.45) is 5.05. The van der Waals surface area contributed by atoms with Crippen LogP contribution in [0.25, 0.3) is 0 Å². The predicted molar refractivity (Wildman–Crippen MR) is 47.8 cm³/mol. The Kier molecular flexibility index (Phi) is 5.76. The quantitative estimate of drug-likeness (QED) is 0.548. The highest BCUT2D eigenvalue weighted by Crippen LogP contribution is 2.22. The second-order valence-corrected chi connectivity index (χ2v) is 3.20. The highest BCUT2D eigenvalue weighted by Gasteiger charge is 2.11. The first-order chi connectivity index (χ1) is 4.76. The largest absolute Gasteiger partial charge is 0.0651 e. The number of hydrogen-bond donors (Lipinski definition) is 0. The highest BCUT2D eigenvalue weighted by molar-refractivity contribution is 4.64. The second kappa shape index (κ2) is 5.76. The van der Waals surface area contributed by atoms with Crippen molar-refractivity contribution in [3.63, 3.8) is 0 Å². The summed E-state index contributed by atoms with van der Waals surface area (Å²) in [5, 5.41) is 0. The van der Waals surface area contributed by atoms with Crippen molar-refractivity contribution in [1.29, 1.82) is 0 Å². The summed E-state index contributed by atoms with van der Waals surface area (Å²) in [6.45, 7) is 10.8. The van der Waals surface area contributed by atoms with E-state index >= 15 is 0 Å². The molecule has 0 aromatic carbocycles. The van der Waals surface area contributed by atoms with Crippen molar-refractivity contribution < 1.29 is 0 Å². The molecule has 0 spiro atoms. The smallest absolute Gasteiger partial charge is 0.0391 e. The van der Waals surface area contributed by atoms with Crippen molar-refractivity contribution in [2.45, 2.75) is 46.5 Å². The molecule has 0 aliphatic carbocycles. The van der Waals surface area contributed by atoms with E-state index in [0.29, 0.717) is 0 Å². The van der Waals surface area contributed by atoms with Gasteiger partial charge in [0.2, 0.25) is 0 Å². The lowest BCUT2D eigenvalue weighted by atomic mass is 9.86. The zero-order valence-corrected chi connectivity index (χ0v) is 7.69. The Labute approximate surface area is 66.0 Å². The molecule has 2 unspecified atom stereocenters. The van der Waals surface area contributed by atoms with Gasteiger partial charge in [0.05, 0.1) is 0 Å². The van der Waals surface area contributed by atoms with E-state index in [1.807, 2.05) is 0 Å². The summed E-state index contributed by atoms with van der Waals surface area (Å²) in [6, 6.07) is 0. The van der Waals surface area contributed by atoms with Crippen LogP contribution in [0.5, 0.6) is 0 Å². The molecule has 10 heavy (non-hydrogen) atoms. The van der Waals surface area contributed by atoms with E-state index in [9.17, 15) is 0 Å². The summed E-state index contributed by atoms with van der Waals surface area (Å²) >= 11 is 0. The van der Waals surface area contributed by atoms with E-state index in [4.69, 9.17) is 0 Å². The molecule has 0 bridgehead atoms. The van der Waals surface area contributed by atoms with E-state index in [0.717, 1.165) is 18.3 Å². The summed E-state index contributed by atoms with van der Waals surface area (Å²) in [5.74, 6) is 1.81. The zero-order chi connectivity index (χ0) is 7.98. The molecular weight excluding hydrogens is 120 g/mol. The molecule has 0 aromatic rings. The van der Waals surface area contributed by atoms with Crippen molar-refractivity contribution in [2.75, 3.05) is 0 Å². The Hall–Kier alpha value is 0. The Morgan fingerprint density at radius 2 is 1.80 bits per heavy atom. The van der Waals surface area contributed by atoms with E-state index in [2.05, 4.69) is 27.7 Å². The highest BCUT2D eigenvalue weighted by atomic mass is 14.2. The standard InChI is InChI=1S/C10H21/c1-5-8-10(7-3)9(4)6-2/h9-10H,1,5-8H2,2-4H3. The van der Waals surface area contributed by atoms with E-state index in [1.165, 1.54) is 19.3 Å². The van der Waals surface area contributed by atoms with Crippen LogP contribution in [0.4, 0.5) is 0 Å². The molecule has 0 amide bonds.